The average Bonchev–Trinajstić information content (AvgIpc) is 2.52. The molecule has 0 N–H and O–H groups in total. The minimum Gasteiger partial charge on any atom is -0.465 e. The Morgan fingerprint density at radius 3 is 1.96 bits per heavy atom. The van der Waals surface area contributed by atoms with Gasteiger partial charge < -0.3 is 14.4 Å². The summed E-state index contributed by atoms with van der Waals surface area (Å²) in [6, 6.07) is 6.64. The molecule has 1 rings (SSSR count). The maximum Gasteiger partial charge on any atom is 0.320 e. The third-order valence-electron chi connectivity index (χ3n) is 3.11. The molecular weight excluding hydrogens is 322 g/mol. The van der Waals surface area contributed by atoms with Crippen LogP contribution in [0.3, 0.4) is 0 Å². The lowest BCUT2D eigenvalue weighted by atomic mass is 10.0. The SMILES string of the molecule is CCOC(=O)C(CC(=O)N(C)c1ccc(Cl)cc1)C(=O)OCC. The van der Waals surface area contributed by atoms with Gasteiger partial charge >= 0.3 is 11.9 Å². The molecule has 0 atom stereocenters. The fourth-order valence-electron chi connectivity index (χ4n) is 1.87. The Balaban J connectivity index is 2.84. The predicted octanol–water partition coefficient (Wildman–Crippen LogP) is 2.44. The molecule has 0 saturated carbocycles. The number of amides is 1. The van der Waals surface area contributed by atoms with E-state index in [1.807, 2.05) is 0 Å². The highest BCUT2D eigenvalue weighted by molar-refractivity contribution is 6.30. The Bertz CT molecular complexity index is 540. The molecule has 1 aromatic rings. The number of carbonyl (C=O) groups excluding carboxylic acids is 3. The number of halogens is 1. The van der Waals surface area contributed by atoms with Gasteiger partial charge in [0.25, 0.3) is 0 Å². The van der Waals surface area contributed by atoms with Crippen LogP contribution in [0.1, 0.15) is 20.3 Å². The second-order valence-corrected chi connectivity index (χ2v) is 5.13. The number of anilines is 1. The zero-order valence-electron chi connectivity index (χ0n) is 13.4. The summed E-state index contributed by atoms with van der Waals surface area (Å²) in [5.74, 6) is -3.19. The molecule has 0 heterocycles. The van der Waals surface area contributed by atoms with Gasteiger partial charge in [-0.05, 0) is 38.1 Å². The van der Waals surface area contributed by atoms with Crippen LogP contribution in [0.4, 0.5) is 5.69 Å². The highest BCUT2D eigenvalue weighted by atomic mass is 35.5. The Labute approximate surface area is 140 Å². The molecule has 0 saturated heterocycles. The zero-order chi connectivity index (χ0) is 17.4. The van der Waals surface area contributed by atoms with E-state index in [2.05, 4.69) is 0 Å². The highest BCUT2D eigenvalue weighted by Gasteiger charge is 2.33. The van der Waals surface area contributed by atoms with Crippen molar-refractivity contribution in [3.05, 3.63) is 29.3 Å². The quantitative estimate of drug-likeness (QED) is 0.562. The molecule has 1 amide bonds. The molecule has 0 fully saturated rings. The van der Waals surface area contributed by atoms with Crippen LogP contribution < -0.4 is 4.90 Å². The lowest BCUT2D eigenvalue weighted by Crippen LogP contribution is -2.35. The molecule has 0 bridgehead atoms. The molecule has 0 aliphatic carbocycles. The number of benzene rings is 1. The van der Waals surface area contributed by atoms with E-state index in [0.29, 0.717) is 10.7 Å². The third-order valence-corrected chi connectivity index (χ3v) is 3.36. The van der Waals surface area contributed by atoms with Gasteiger partial charge in [-0.3, -0.25) is 14.4 Å². The second kappa shape index (κ2) is 9.15. The first-order valence-electron chi connectivity index (χ1n) is 7.26. The van der Waals surface area contributed by atoms with E-state index in [9.17, 15) is 14.4 Å². The summed E-state index contributed by atoms with van der Waals surface area (Å²) in [5.41, 5.74) is 0.603. The number of hydrogen-bond donors (Lipinski definition) is 0. The number of carbonyl (C=O) groups is 3. The van der Waals surface area contributed by atoms with Gasteiger partial charge in [-0.25, -0.2) is 0 Å². The van der Waals surface area contributed by atoms with E-state index in [1.54, 1.807) is 45.2 Å². The Morgan fingerprint density at radius 1 is 1.04 bits per heavy atom. The number of rotatable bonds is 7. The van der Waals surface area contributed by atoms with Crippen molar-refractivity contribution in [1.29, 1.82) is 0 Å². The van der Waals surface area contributed by atoms with Crippen molar-refractivity contribution in [3.8, 4) is 0 Å². The summed E-state index contributed by atoms with van der Waals surface area (Å²) in [5, 5.41) is 0.547. The van der Waals surface area contributed by atoms with Crippen LogP contribution in [-0.2, 0) is 23.9 Å². The van der Waals surface area contributed by atoms with Crippen molar-refractivity contribution < 1.29 is 23.9 Å². The summed E-state index contributed by atoms with van der Waals surface area (Å²) in [4.78, 5) is 37.5. The molecule has 126 valence electrons. The van der Waals surface area contributed by atoms with Crippen molar-refractivity contribution in [2.75, 3.05) is 25.2 Å². The van der Waals surface area contributed by atoms with Crippen LogP contribution >= 0.6 is 11.6 Å². The molecule has 1 aromatic carbocycles. The fraction of sp³-hybridized carbons (Fsp3) is 0.438. The van der Waals surface area contributed by atoms with Gasteiger partial charge in [0.1, 0.15) is 0 Å². The molecule has 6 nitrogen and oxygen atoms in total. The minimum absolute atomic E-state index is 0.121. The molecule has 0 radical (unpaired) electrons. The standard InChI is InChI=1S/C16H20ClNO5/c1-4-22-15(20)13(16(21)23-5-2)10-14(19)18(3)12-8-6-11(17)7-9-12/h6-9,13H,4-5,10H2,1-3H3. The van der Waals surface area contributed by atoms with E-state index in [1.165, 1.54) is 4.90 Å². The van der Waals surface area contributed by atoms with E-state index in [0.717, 1.165) is 0 Å². The van der Waals surface area contributed by atoms with Crippen molar-refractivity contribution in [1.82, 2.24) is 0 Å². The molecule has 0 aromatic heterocycles. The van der Waals surface area contributed by atoms with Gasteiger partial charge in [-0.15, -0.1) is 0 Å². The van der Waals surface area contributed by atoms with E-state index >= 15 is 0 Å². The normalized spacial score (nSPS) is 10.3. The third kappa shape index (κ3) is 5.56. The summed E-state index contributed by atoms with van der Waals surface area (Å²) in [6.45, 7) is 3.50. The van der Waals surface area contributed by atoms with Crippen molar-refractivity contribution in [2.24, 2.45) is 5.92 Å². The van der Waals surface area contributed by atoms with Gasteiger partial charge in [0.15, 0.2) is 5.92 Å². The first-order valence-corrected chi connectivity index (χ1v) is 7.63. The average molecular weight is 342 g/mol. The molecular formula is C16H20ClNO5. The van der Waals surface area contributed by atoms with Crippen LogP contribution in [0, 0.1) is 5.92 Å². The number of ether oxygens (including phenoxy) is 2. The minimum atomic E-state index is -1.27. The van der Waals surface area contributed by atoms with Gasteiger partial charge in [0.05, 0.1) is 19.6 Å². The van der Waals surface area contributed by atoms with Crippen LogP contribution in [0.5, 0.6) is 0 Å². The summed E-state index contributed by atoms with van der Waals surface area (Å²) in [7, 11) is 1.55. The predicted molar refractivity (Wildman–Crippen MR) is 86.2 cm³/mol. The van der Waals surface area contributed by atoms with Crippen LogP contribution in [0.25, 0.3) is 0 Å². The maximum atomic E-state index is 12.3. The number of esters is 2. The first-order chi connectivity index (χ1) is 10.9. The summed E-state index contributed by atoms with van der Waals surface area (Å²) in [6.07, 6.45) is -0.323. The van der Waals surface area contributed by atoms with Crippen molar-refractivity contribution in [2.45, 2.75) is 20.3 Å². The lowest BCUT2D eigenvalue weighted by molar-refractivity contribution is -0.163. The van der Waals surface area contributed by atoms with Gasteiger partial charge in [0.2, 0.25) is 5.91 Å². The van der Waals surface area contributed by atoms with Crippen LogP contribution in [0.15, 0.2) is 24.3 Å². The van der Waals surface area contributed by atoms with Crippen LogP contribution in [-0.4, -0.2) is 38.1 Å². The lowest BCUT2D eigenvalue weighted by Gasteiger charge is -2.20. The summed E-state index contributed by atoms with van der Waals surface area (Å²) >= 11 is 5.81. The zero-order valence-corrected chi connectivity index (χ0v) is 14.1. The Morgan fingerprint density at radius 2 is 1.52 bits per heavy atom. The topological polar surface area (TPSA) is 72.9 Å². The van der Waals surface area contributed by atoms with Gasteiger partial charge in [0, 0.05) is 17.8 Å². The number of nitrogens with zero attached hydrogens (tertiary/aromatic N) is 1. The first kappa shape index (κ1) is 19.0. The summed E-state index contributed by atoms with van der Waals surface area (Å²) < 4.78 is 9.69. The highest BCUT2D eigenvalue weighted by Crippen LogP contribution is 2.19. The Hall–Kier alpha value is -2.08. The van der Waals surface area contributed by atoms with E-state index < -0.39 is 23.8 Å². The van der Waals surface area contributed by atoms with Gasteiger partial charge in [-0.1, -0.05) is 11.6 Å². The smallest absolute Gasteiger partial charge is 0.320 e. The van der Waals surface area contributed by atoms with E-state index in [4.69, 9.17) is 21.1 Å². The second-order valence-electron chi connectivity index (χ2n) is 4.69. The monoisotopic (exact) mass is 341 g/mol. The molecule has 0 aliphatic rings. The molecule has 0 aliphatic heterocycles. The molecule has 23 heavy (non-hydrogen) atoms. The Kier molecular flexibility index (Phi) is 7.54. The van der Waals surface area contributed by atoms with E-state index in [-0.39, 0.29) is 19.6 Å². The van der Waals surface area contributed by atoms with Crippen LogP contribution in [0.2, 0.25) is 5.02 Å². The maximum absolute atomic E-state index is 12.3. The molecule has 0 unspecified atom stereocenters. The fourth-order valence-corrected chi connectivity index (χ4v) is 1.99. The molecule has 0 spiro atoms. The largest absolute Gasteiger partial charge is 0.465 e. The number of hydrogen-bond acceptors (Lipinski definition) is 5. The van der Waals surface area contributed by atoms with Crippen molar-refractivity contribution in [3.63, 3.8) is 0 Å². The van der Waals surface area contributed by atoms with Crippen molar-refractivity contribution >= 4 is 35.1 Å². The molecule has 7 heteroatoms. The van der Waals surface area contributed by atoms with Gasteiger partial charge in [-0.2, -0.15) is 0 Å².